The van der Waals surface area contributed by atoms with Crippen LogP contribution in [-0.4, -0.2) is 23.1 Å². The molecule has 2 heterocycles. The number of rotatable bonds is 2. The highest BCUT2D eigenvalue weighted by molar-refractivity contribution is 5.92. The zero-order chi connectivity index (χ0) is 13.3. The molecule has 1 aliphatic rings. The number of hydrogen-bond donors (Lipinski definition) is 1. The monoisotopic (exact) mass is 252 g/mol. The Morgan fingerprint density at radius 1 is 1.33 bits per heavy atom. The van der Waals surface area contributed by atoms with E-state index in [0.29, 0.717) is 0 Å². The first-order valence-electron chi connectivity index (χ1n) is 6.08. The van der Waals surface area contributed by atoms with Gasteiger partial charge in [-0.15, -0.1) is 0 Å². The average Bonchev–Trinajstić information content (AvgIpc) is 2.53. The van der Waals surface area contributed by atoms with Gasteiger partial charge in [0.15, 0.2) is 0 Å². The van der Waals surface area contributed by atoms with Gasteiger partial charge in [0.1, 0.15) is 5.82 Å². The van der Waals surface area contributed by atoms with Gasteiger partial charge >= 0.3 is 0 Å². The van der Waals surface area contributed by atoms with E-state index in [9.17, 15) is 9.18 Å². The Morgan fingerprint density at radius 2 is 2.06 bits per heavy atom. The summed E-state index contributed by atoms with van der Waals surface area (Å²) in [4.78, 5) is 15.8. The SMILES string of the molecule is CC1OC(C)C(C(=O)Nc2cccc(F)n2)C1C. The van der Waals surface area contributed by atoms with Crippen LogP contribution in [0.4, 0.5) is 10.2 Å². The molecular formula is C13H17FN2O2. The smallest absolute Gasteiger partial charge is 0.231 e. The van der Waals surface area contributed by atoms with Crippen molar-refractivity contribution in [2.45, 2.75) is 33.0 Å². The van der Waals surface area contributed by atoms with Crippen molar-refractivity contribution in [3.63, 3.8) is 0 Å². The number of amides is 1. The summed E-state index contributed by atoms with van der Waals surface area (Å²) >= 11 is 0. The molecule has 1 aliphatic heterocycles. The van der Waals surface area contributed by atoms with Gasteiger partial charge in [-0.1, -0.05) is 13.0 Å². The van der Waals surface area contributed by atoms with Crippen LogP contribution in [0.3, 0.4) is 0 Å². The van der Waals surface area contributed by atoms with E-state index in [4.69, 9.17) is 4.74 Å². The van der Waals surface area contributed by atoms with Crippen LogP contribution < -0.4 is 5.32 Å². The molecule has 1 aromatic heterocycles. The van der Waals surface area contributed by atoms with Crippen molar-refractivity contribution in [1.82, 2.24) is 4.98 Å². The Hall–Kier alpha value is -1.49. The minimum atomic E-state index is -0.607. The third kappa shape index (κ3) is 2.51. The lowest BCUT2D eigenvalue weighted by Gasteiger charge is -2.17. The topological polar surface area (TPSA) is 51.2 Å². The minimum absolute atomic E-state index is 0.0521. The summed E-state index contributed by atoms with van der Waals surface area (Å²) in [6.07, 6.45) is -0.0835. The summed E-state index contributed by atoms with van der Waals surface area (Å²) in [6, 6.07) is 4.32. The number of carbonyl (C=O) groups is 1. The fourth-order valence-electron chi connectivity index (χ4n) is 2.41. The van der Waals surface area contributed by atoms with Crippen molar-refractivity contribution in [2.24, 2.45) is 11.8 Å². The summed E-state index contributed by atoms with van der Waals surface area (Å²) in [5.74, 6) is -0.639. The van der Waals surface area contributed by atoms with E-state index < -0.39 is 5.95 Å². The summed E-state index contributed by atoms with van der Waals surface area (Å²) in [5.41, 5.74) is 0. The van der Waals surface area contributed by atoms with Crippen molar-refractivity contribution >= 4 is 11.7 Å². The van der Waals surface area contributed by atoms with Crippen molar-refractivity contribution in [3.05, 3.63) is 24.1 Å². The van der Waals surface area contributed by atoms with E-state index in [2.05, 4.69) is 10.3 Å². The highest BCUT2D eigenvalue weighted by Gasteiger charge is 2.41. The molecule has 1 N–H and O–H groups in total. The highest BCUT2D eigenvalue weighted by Crippen LogP contribution is 2.32. The Kier molecular flexibility index (Phi) is 3.61. The number of halogens is 1. The zero-order valence-electron chi connectivity index (χ0n) is 10.7. The van der Waals surface area contributed by atoms with Gasteiger partial charge in [-0.05, 0) is 31.9 Å². The molecule has 4 atom stereocenters. The van der Waals surface area contributed by atoms with E-state index in [-0.39, 0.29) is 35.8 Å². The standard InChI is InChI=1S/C13H17FN2O2/c1-7-8(2)18-9(3)12(7)13(17)16-11-6-4-5-10(14)15-11/h4-9,12H,1-3H3,(H,15,16,17). The quantitative estimate of drug-likeness (QED) is 0.821. The Labute approximate surface area is 106 Å². The Morgan fingerprint density at radius 3 is 2.61 bits per heavy atom. The first kappa shape index (κ1) is 13.0. The molecular weight excluding hydrogens is 235 g/mol. The van der Waals surface area contributed by atoms with Gasteiger partial charge in [0.2, 0.25) is 11.9 Å². The number of nitrogens with zero attached hydrogens (tertiary/aromatic N) is 1. The van der Waals surface area contributed by atoms with Crippen LogP contribution >= 0.6 is 0 Å². The van der Waals surface area contributed by atoms with Crippen LogP contribution in [-0.2, 0) is 9.53 Å². The van der Waals surface area contributed by atoms with Crippen LogP contribution in [0.25, 0.3) is 0 Å². The predicted octanol–water partition coefficient (Wildman–Crippen LogP) is 2.22. The summed E-state index contributed by atoms with van der Waals surface area (Å²) in [7, 11) is 0. The van der Waals surface area contributed by atoms with Gasteiger partial charge in [-0.2, -0.15) is 4.39 Å². The molecule has 0 spiro atoms. The molecule has 1 saturated heterocycles. The maximum atomic E-state index is 12.9. The van der Waals surface area contributed by atoms with E-state index >= 15 is 0 Å². The largest absolute Gasteiger partial charge is 0.374 e. The van der Waals surface area contributed by atoms with Gasteiger partial charge in [-0.3, -0.25) is 4.79 Å². The summed E-state index contributed by atoms with van der Waals surface area (Å²) < 4.78 is 18.5. The Bertz CT molecular complexity index is 452. The molecule has 1 aromatic rings. The predicted molar refractivity (Wildman–Crippen MR) is 65.5 cm³/mol. The third-order valence-electron chi connectivity index (χ3n) is 3.51. The number of ether oxygens (including phenoxy) is 1. The number of nitrogens with one attached hydrogen (secondary N) is 1. The molecule has 98 valence electrons. The number of hydrogen-bond acceptors (Lipinski definition) is 3. The lowest BCUT2D eigenvalue weighted by atomic mass is 9.89. The fraction of sp³-hybridized carbons (Fsp3) is 0.538. The lowest BCUT2D eigenvalue weighted by molar-refractivity contribution is -0.122. The first-order valence-corrected chi connectivity index (χ1v) is 6.08. The van der Waals surface area contributed by atoms with Crippen molar-refractivity contribution in [3.8, 4) is 0 Å². The van der Waals surface area contributed by atoms with E-state index in [1.165, 1.54) is 12.1 Å². The van der Waals surface area contributed by atoms with Crippen LogP contribution in [0.15, 0.2) is 18.2 Å². The molecule has 0 aliphatic carbocycles. The maximum Gasteiger partial charge on any atom is 0.231 e. The average molecular weight is 252 g/mol. The molecule has 4 nitrogen and oxygen atoms in total. The molecule has 0 radical (unpaired) electrons. The van der Waals surface area contributed by atoms with Gasteiger partial charge in [0.05, 0.1) is 18.1 Å². The lowest BCUT2D eigenvalue weighted by Crippen LogP contribution is -2.32. The van der Waals surface area contributed by atoms with Gasteiger partial charge in [0, 0.05) is 0 Å². The third-order valence-corrected chi connectivity index (χ3v) is 3.51. The second-order valence-electron chi connectivity index (χ2n) is 4.77. The summed E-state index contributed by atoms with van der Waals surface area (Å²) in [5, 5.41) is 2.64. The zero-order valence-corrected chi connectivity index (χ0v) is 10.7. The highest BCUT2D eigenvalue weighted by atomic mass is 19.1. The second kappa shape index (κ2) is 5.02. The number of anilines is 1. The van der Waals surface area contributed by atoms with Crippen molar-refractivity contribution < 1.29 is 13.9 Å². The molecule has 2 rings (SSSR count). The van der Waals surface area contributed by atoms with Gasteiger partial charge < -0.3 is 10.1 Å². The van der Waals surface area contributed by atoms with Crippen molar-refractivity contribution in [2.75, 3.05) is 5.32 Å². The molecule has 0 saturated carbocycles. The van der Waals surface area contributed by atoms with Crippen molar-refractivity contribution in [1.29, 1.82) is 0 Å². The van der Waals surface area contributed by atoms with Crippen LogP contribution in [0.2, 0.25) is 0 Å². The molecule has 18 heavy (non-hydrogen) atoms. The number of aromatic nitrogens is 1. The van der Waals surface area contributed by atoms with E-state index in [0.717, 1.165) is 0 Å². The summed E-state index contributed by atoms with van der Waals surface area (Å²) in [6.45, 7) is 5.82. The Balaban J connectivity index is 2.08. The molecule has 4 unspecified atom stereocenters. The molecule has 0 aromatic carbocycles. The second-order valence-corrected chi connectivity index (χ2v) is 4.77. The van der Waals surface area contributed by atoms with Gasteiger partial charge in [-0.25, -0.2) is 4.98 Å². The van der Waals surface area contributed by atoms with Gasteiger partial charge in [0.25, 0.3) is 0 Å². The first-order chi connectivity index (χ1) is 8.49. The molecule has 1 amide bonds. The van der Waals surface area contributed by atoms with Crippen LogP contribution in [0.1, 0.15) is 20.8 Å². The van der Waals surface area contributed by atoms with Crippen LogP contribution in [0.5, 0.6) is 0 Å². The normalized spacial score (nSPS) is 31.3. The fourth-order valence-corrected chi connectivity index (χ4v) is 2.41. The van der Waals surface area contributed by atoms with E-state index in [1.807, 2.05) is 20.8 Å². The van der Waals surface area contributed by atoms with Crippen LogP contribution in [0, 0.1) is 17.8 Å². The molecule has 0 bridgehead atoms. The maximum absolute atomic E-state index is 12.9. The molecule has 1 fully saturated rings. The number of pyridine rings is 1. The van der Waals surface area contributed by atoms with E-state index in [1.54, 1.807) is 6.07 Å². The molecule has 5 heteroatoms. The number of carbonyl (C=O) groups excluding carboxylic acids is 1. The minimum Gasteiger partial charge on any atom is -0.374 e.